The molecule has 0 fully saturated rings. The molecule has 0 unspecified atom stereocenters. The van der Waals surface area contributed by atoms with Crippen molar-refractivity contribution in [3.05, 3.63) is 28.2 Å². The van der Waals surface area contributed by atoms with Crippen LogP contribution in [0.25, 0.3) is 11.5 Å². The number of nitrogens with one attached hydrogen (secondary N) is 1. The molecule has 1 aromatic heterocycles. The maximum absolute atomic E-state index is 11.8. The summed E-state index contributed by atoms with van der Waals surface area (Å²) in [7, 11) is 0. The highest BCUT2D eigenvalue weighted by atomic mass is 35.5. The molecule has 2 aromatic rings. The van der Waals surface area contributed by atoms with Gasteiger partial charge in [-0.1, -0.05) is 49.1 Å². The lowest BCUT2D eigenvalue weighted by Gasteiger charge is -2.15. The Morgan fingerprint density at radius 2 is 1.75 bits per heavy atom. The van der Waals surface area contributed by atoms with Gasteiger partial charge in [0.2, 0.25) is 11.8 Å². The Morgan fingerprint density at radius 1 is 1.15 bits per heavy atom. The van der Waals surface area contributed by atoms with Crippen molar-refractivity contribution in [3.8, 4) is 11.5 Å². The fraction of sp³-hybridized carbons (Fsp3) is 0.308. The van der Waals surface area contributed by atoms with E-state index < -0.39 is 5.41 Å². The molecule has 20 heavy (non-hydrogen) atoms. The smallest absolute Gasteiger partial charge is 0.322 e. The van der Waals surface area contributed by atoms with Gasteiger partial charge in [0.25, 0.3) is 0 Å². The second kappa shape index (κ2) is 5.42. The number of benzene rings is 1. The summed E-state index contributed by atoms with van der Waals surface area (Å²) in [5.41, 5.74) is 0.0415. The summed E-state index contributed by atoms with van der Waals surface area (Å²) in [6.07, 6.45) is 0. The van der Waals surface area contributed by atoms with Gasteiger partial charge in [0, 0.05) is 21.0 Å². The molecule has 0 aliphatic carbocycles. The van der Waals surface area contributed by atoms with Crippen molar-refractivity contribution in [3.63, 3.8) is 0 Å². The molecule has 106 valence electrons. The van der Waals surface area contributed by atoms with Crippen molar-refractivity contribution in [2.75, 3.05) is 5.32 Å². The molecule has 1 amide bonds. The standard InChI is InChI=1S/C13H13Cl2N3O2/c1-13(2,3)11(19)16-12-18-17-10(20-12)7-4-8(14)6-9(15)5-7/h4-6H,1-3H3,(H,16,18,19). The number of nitrogens with zero attached hydrogens (tertiary/aromatic N) is 2. The van der Waals surface area contributed by atoms with Crippen molar-refractivity contribution >= 4 is 35.1 Å². The summed E-state index contributed by atoms with van der Waals surface area (Å²) >= 11 is 11.8. The van der Waals surface area contributed by atoms with E-state index in [9.17, 15) is 4.79 Å². The molecule has 0 aliphatic heterocycles. The van der Waals surface area contributed by atoms with Crippen LogP contribution in [0.3, 0.4) is 0 Å². The van der Waals surface area contributed by atoms with Crippen LogP contribution in [0.2, 0.25) is 10.0 Å². The maximum Gasteiger partial charge on any atom is 0.322 e. The molecule has 0 atom stereocenters. The summed E-state index contributed by atoms with van der Waals surface area (Å²) in [6, 6.07) is 4.94. The van der Waals surface area contributed by atoms with Crippen molar-refractivity contribution in [2.45, 2.75) is 20.8 Å². The molecule has 2 rings (SSSR count). The number of rotatable bonds is 2. The predicted molar refractivity (Wildman–Crippen MR) is 77.8 cm³/mol. The number of halogens is 2. The Labute approximate surface area is 126 Å². The monoisotopic (exact) mass is 313 g/mol. The molecular formula is C13H13Cl2N3O2. The zero-order valence-corrected chi connectivity index (χ0v) is 12.7. The van der Waals surface area contributed by atoms with Gasteiger partial charge in [-0.3, -0.25) is 10.1 Å². The molecule has 0 radical (unpaired) electrons. The van der Waals surface area contributed by atoms with Gasteiger partial charge < -0.3 is 4.42 Å². The average molecular weight is 314 g/mol. The van der Waals surface area contributed by atoms with E-state index in [1.165, 1.54) is 0 Å². The molecule has 7 heteroatoms. The fourth-order valence-electron chi connectivity index (χ4n) is 1.35. The van der Waals surface area contributed by atoms with Crippen LogP contribution in [0, 0.1) is 5.41 Å². The van der Waals surface area contributed by atoms with Gasteiger partial charge in [0.05, 0.1) is 0 Å². The Hall–Kier alpha value is -1.59. The van der Waals surface area contributed by atoms with Crippen LogP contribution in [0.15, 0.2) is 22.6 Å². The Kier molecular flexibility index (Phi) is 4.01. The normalized spacial score (nSPS) is 11.4. The van der Waals surface area contributed by atoms with Crippen LogP contribution >= 0.6 is 23.2 Å². The fourth-order valence-corrected chi connectivity index (χ4v) is 1.88. The Bertz CT molecular complexity index is 627. The van der Waals surface area contributed by atoms with E-state index in [2.05, 4.69) is 15.5 Å². The van der Waals surface area contributed by atoms with E-state index in [-0.39, 0.29) is 17.8 Å². The van der Waals surface area contributed by atoms with Gasteiger partial charge in [-0.2, -0.15) is 0 Å². The second-order valence-electron chi connectivity index (χ2n) is 5.27. The lowest BCUT2D eigenvalue weighted by Crippen LogP contribution is -2.27. The lowest BCUT2D eigenvalue weighted by atomic mass is 9.96. The minimum atomic E-state index is -0.548. The second-order valence-corrected chi connectivity index (χ2v) is 6.15. The largest absolute Gasteiger partial charge is 0.403 e. The van der Waals surface area contributed by atoms with Crippen LogP contribution in [0.1, 0.15) is 20.8 Å². The average Bonchev–Trinajstić information content (AvgIpc) is 2.75. The first kappa shape index (κ1) is 14.8. The molecule has 0 spiro atoms. The number of hydrogen-bond acceptors (Lipinski definition) is 4. The summed E-state index contributed by atoms with van der Waals surface area (Å²) in [5.74, 6) is 0.0236. The van der Waals surface area contributed by atoms with E-state index in [0.29, 0.717) is 15.6 Å². The molecule has 0 saturated heterocycles. The van der Waals surface area contributed by atoms with Crippen molar-refractivity contribution in [1.82, 2.24) is 10.2 Å². The highest BCUT2D eigenvalue weighted by Crippen LogP contribution is 2.27. The lowest BCUT2D eigenvalue weighted by molar-refractivity contribution is -0.123. The molecule has 0 aliphatic rings. The first-order valence-electron chi connectivity index (χ1n) is 5.87. The zero-order chi connectivity index (χ0) is 14.9. The summed E-state index contributed by atoms with van der Waals surface area (Å²) < 4.78 is 5.37. The van der Waals surface area contributed by atoms with E-state index in [4.69, 9.17) is 27.6 Å². The van der Waals surface area contributed by atoms with E-state index in [0.717, 1.165) is 0 Å². The highest BCUT2D eigenvalue weighted by molar-refractivity contribution is 6.35. The number of carbonyl (C=O) groups excluding carboxylic acids is 1. The number of amides is 1. The van der Waals surface area contributed by atoms with Gasteiger partial charge in [-0.05, 0) is 18.2 Å². The third kappa shape index (κ3) is 3.49. The van der Waals surface area contributed by atoms with Gasteiger partial charge in [-0.25, -0.2) is 0 Å². The maximum atomic E-state index is 11.8. The van der Waals surface area contributed by atoms with Crippen molar-refractivity contribution < 1.29 is 9.21 Å². The predicted octanol–water partition coefficient (Wildman–Crippen LogP) is 4.03. The van der Waals surface area contributed by atoms with Gasteiger partial charge in [0.15, 0.2) is 0 Å². The molecular weight excluding hydrogens is 301 g/mol. The quantitative estimate of drug-likeness (QED) is 0.909. The topological polar surface area (TPSA) is 68.0 Å². The molecule has 1 heterocycles. The number of anilines is 1. The van der Waals surface area contributed by atoms with Crippen LogP contribution in [0.4, 0.5) is 6.01 Å². The summed E-state index contributed by atoms with van der Waals surface area (Å²) in [6.45, 7) is 5.36. The van der Waals surface area contributed by atoms with Crippen molar-refractivity contribution in [1.29, 1.82) is 0 Å². The molecule has 1 N–H and O–H groups in total. The number of hydrogen-bond donors (Lipinski definition) is 1. The van der Waals surface area contributed by atoms with E-state index in [1.54, 1.807) is 39.0 Å². The molecule has 5 nitrogen and oxygen atoms in total. The van der Waals surface area contributed by atoms with Gasteiger partial charge in [-0.15, -0.1) is 5.10 Å². The van der Waals surface area contributed by atoms with Crippen LogP contribution < -0.4 is 5.32 Å². The minimum absolute atomic E-state index is 0.0380. The third-order valence-corrected chi connectivity index (χ3v) is 2.87. The first-order valence-corrected chi connectivity index (χ1v) is 6.63. The summed E-state index contributed by atoms with van der Waals surface area (Å²) in [4.78, 5) is 11.8. The van der Waals surface area contributed by atoms with Crippen molar-refractivity contribution in [2.24, 2.45) is 5.41 Å². The van der Waals surface area contributed by atoms with Gasteiger partial charge in [0.1, 0.15) is 0 Å². The molecule has 0 bridgehead atoms. The molecule has 1 aromatic carbocycles. The SMILES string of the molecule is CC(C)(C)C(=O)Nc1nnc(-c2cc(Cl)cc(Cl)c2)o1. The van der Waals surface area contributed by atoms with Gasteiger partial charge >= 0.3 is 6.01 Å². The van der Waals surface area contributed by atoms with E-state index >= 15 is 0 Å². The number of carbonyl (C=O) groups is 1. The zero-order valence-electron chi connectivity index (χ0n) is 11.2. The molecule has 0 saturated carbocycles. The highest BCUT2D eigenvalue weighted by Gasteiger charge is 2.23. The Balaban J connectivity index is 2.23. The minimum Gasteiger partial charge on any atom is -0.403 e. The first-order chi connectivity index (χ1) is 9.25. The Morgan fingerprint density at radius 3 is 2.30 bits per heavy atom. The summed E-state index contributed by atoms with van der Waals surface area (Å²) in [5, 5.41) is 11.1. The van der Waals surface area contributed by atoms with Crippen LogP contribution in [0.5, 0.6) is 0 Å². The van der Waals surface area contributed by atoms with Crippen LogP contribution in [-0.4, -0.2) is 16.1 Å². The van der Waals surface area contributed by atoms with Crippen LogP contribution in [-0.2, 0) is 4.79 Å². The third-order valence-electron chi connectivity index (χ3n) is 2.44. The number of aromatic nitrogens is 2. The van der Waals surface area contributed by atoms with E-state index in [1.807, 2.05) is 0 Å².